The standard InChI is InChI=1S/C25H25ClN4O4S/c1-15(22-6-7-23(35-22)20-13-18(26)4-3-17(20)14-31)27-25(34)21-5-8-24(33)30(28-21)19-9-11-29(12-10-19)16(2)32/h3-8,13-15,19H,9-12H2,1-2H3,(H,27,34)/t15-/m1/s1. The average Bonchev–Trinajstić information content (AvgIpc) is 3.35. The highest BCUT2D eigenvalue weighted by molar-refractivity contribution is 7.15. The van der Waals surface area contributed by atoms with Gasteiger partial charge >= 0.3 is 0 Å². The van der Waals surface area contributed by atoms with Gasteiger partial charge in [-0.1, -0.05) is 11.6 Å². The third-order valence-corrected chi connectivity index (χ3v) is 7.66. The van der Waals surface area contributed by atoms with Crippen LogP contribution in [0, 0.1) is 0 Å². The number of carbonyl (C=O) groups excluding carboxylic acids is 3. The Hall–Kier alpha value is -3.30. The fourth-order valence-electron chi connectivity index (χ4n) is 4.15. The Balaban J connectivity index is 1.48. The Morgan fingerprint density at radius 1 is 1.17 bits per heavy atom. The van der Waals surface area contributed by atoms with Gasteiger partial charge in [-0.2, -0.15) is 5.10 Å². The minimum Gasteiger partial charge on any atom is -0.343 e. The Bertz CT molecular complexity index is 1330. The molecule has 35 heavy (non-hydrogen) atoms. The average molecular weight is 513 g/mol. The molecule has 2 aromatic heterocycles. The number of likely N-dealkylation sites (tertiary alicyclic amines) is 1. The van der Waals surface area contributed by atoms with Crippen molar-refractivity contribution in [1.29, 1.82) is 0 Å². The molecule has 4 rings (SSSR count). The molecular weight excluding hydrogens is 488 g/mol. The van der Waals surface area contributed by atoms with Gasteiger partial charge in [0.2, 0.25) is 5.91 Å². The molecule has 3 heterocycles. The number of hydrogen-bond acceptors (Lipinski definition) is 6. The van der Waals surface area contributed by atoms with Crippen LogP contribution in [0.4, 0.5) is 0 Å². The molecule has 2 amide bonds. The summed E-state index contributed by atoms with van der Waals surface area (Å²) in [5.74, 6) is -0.376. The molecule has 0 radical (unpaired) electrons. The molecule has 10 heteroatoms. The van der Waals surface area contributed by atoms with Gasteiger partial charge in [-0.25, -0.2) is 4.68 Å². The van der Waals surface area contributed by atoms with Crippen LogP contribution in [-0.4, -0.2) is 45.9 Å². The maximum absolute atomic E-state index is 12.9. The Kier molecular flexibility index (Phi) is 7.47. The lowest BCUT2D eigenvalue weighted by atomic mass is 10.1. The Morgan fingerprint density at radius 2 is 1.91 bits per heavy atom. The molecule has 1 aromatic carbocycles. The second kappa shape index (κ2) is 10.5. The number of carbonyl (C=O) groups is 3. The summed E-state index contributed by atoms with van der Waals surface area (Å²) in [6.45, 7) is 4.50. The fraction of sp³-hybridized carbons (Fsp3) is 0.320. The van der Waals surface area contributed by atoms with Crippen molar-refractivity contribution < 1.29 is 14.4 Å². The normalized spacial score (nSPS) is 15.0. The van der Waals surface area contributed by atoms with E-state index in [1.54, 1.807) is 23.1 Å². The van der Waals surface area contributed by atoms with E-state index in [2.05, 4.69) is 10.4 Å². The van der Waals surface area contributed by atoms with Gasteiger partial charge < -0.3 is 10.2 Å². The van der Waals surface area contributed by atoms with Gasteiger partial charge in [0, 0.05) is 52.0 Å². The smallest absolute Gasteiger partial charge is 0.272 e. The SMILES string of the molecule is CC(=O)N1CCC(n2nc(C(=O)N[C@H](C)c3ccc(-c4cc(Cl)ccc4C=O)s3)ccc2=O)CC1. The first-order chi connectivity index (χ1) is 16.8. The summed E-state index contributed by atoms with van der Waals surface area (Å²) < 4.78 is 1.36. The molecule has 0 bridgehead atoms. The van der Waals surface area contributed by atoms with E-state index in [1.165, 1.54) is 35.1 Å². The highest BCUT2D eigenvalue weighted by atomic mass is 35.5. The van der Waals surface area contributed by atoms with Crippen LogP contribution in [0.15, 0.2) is 47.3 Å². The van der Waals surface area contributed by atoms with E-state index in [9.17, 15) is 19.2 Å². The van der Waals surface area contributed by atoms with Gasteiger partial charge in [0.15, 0.2) is 6.29 Å². The quantitative estimate of drug-likeness (QED) is 0.501. The van der Waals surface area contributed by atoms with Crippen LogP contribution >= 0.6 is 22.9 Å². The zero-order valence-corrected chi connectivity index (χ0v) is 20.9. The molecule has 0 aliphatic carbocycles. The van der Waals surface area contributed by atoms with Gasteiger partial charge in [-0.3, -0.25) is 19.2 Å². The number of aldehydes is 1. The number of amides is 2. The molecule has 3 aromatic rings. The predicted octanol–water partition coefficient (Wildman–Crippen LogP) is 4.11. The molecular formula is C25H25ClN4O4S. The second-order valence-electron chi connectivity index (χ2n) is 8.49. The van der Waals surface area contributed by atoms with E-state index in [0.717, 1.165) is 21.6 Å². The number of nitrogens with zero attached hydrogens (tertiary/aromatic N) is 3. The Labute approximate surface area is 211 Å². The lowest BCUT2D eigenvalue weighted by Gasteiger charge is -2.31. The van der Waals surface area contributed by atoms with Gasteiger partial charge in [0.05, 0.1) is 12.1 Å². The van der Waals surface area contributed by atoms with Crippen LogP contribution in [-0.2, 0) is 4.79 Å². The predicted molar refractivity (Wildman–Crippen MR) is 135 cm³/mol. The van der Waals surface area contributed by atoms with Crippen molar-refractivity contribution in [3.63, 3.8) is 0 Å². The van der Waals surface area contributed by atoms with Crippen LogP contribution in [0.1, 0.15) is 64.5 Å². The summed E-state index contributed by atoms with van der Waals surface area (Å²) in [6, 6.07) is 11.2. The van der Waals surface area contributed by atoms with Crippen molar-refractivity contribution in [2.45, 2.75) is 38.8 Å². The van der Waals surface area contributed by atoms with Crippen molar-refractivity contribution in [2.75, 3.05) is 13.1 Å². The number of nitrogens with one attached hydrogen (secondary N) is 1. The number of rotatable bonds is 6. The van der Waals surface area contributed by atoms with Crippen LogP contribution in [0.2, 0.25) is 5.02 Å². The zero-order chi connectivity index (χ0) is 25.1. The third-order valence-electron chi connectivity index (χ3n) is 6.12. The van der Waals surface area contributed by atoms with Crippen LogP contribution in [0.3, 0.4) is 0 Å². The van der Waals surface area contributed by atoms with Gasteiger partial charge in [-0.05, 0) is 56.2 Å². The lowest BCUT2D eigenvalue weighted by molar-refractivity contribution is -0.130. The maximum atomic E-state index is 12.9. The molecule has 8 nitrogen and oxygen atoms in total. The van der Waals surface area contributed by atoms with E-state index in [0.29, 0.717) is 36.5 Å². The van der Waals surface area contributed by atoms with Crippen molar-refractivity contribution in [2.24, 2.45) is 0 Å². The first-order valence-electron chi connectivity index (χ1n) is 11.3. The summed E-state index contributed by atoms with van der Waals surface area (Å²) in [4.78, 5) is 51.9. The van der Waals surface area contributed by atoms with Crippen LogP contribution < -0.4 is 10.9 Å². The van der Waals surface area contributed by atoms with Crippen molar-refractivity contribution in [1.82, 2.24) is 20.0 Å². The molecule has 1 fully saturated rings. The van der Waals surface area contributed by atoms with E-state index in [1.807, 2.05) is 19.1 Å². The van der Waals surface area contributed by atoms with Crippen molar-refractivity contribution in [3.05, 3.63) is 74.0 Å². The largest absolute Gasteiger partial charge is 0.343 e. The van der Waals surface area contributed by atoms with Crippen molar-refractivity contribution >= 4 is 41.0 Å². The molecule has 182 valence electrons. The molecule has 1 N–H and O–H groups in total. The van der Waals surface area contributed by atoms with E-state index < -0.39 is 5.91 Å². The minimum absolute atomic E-state index is 0.0142. The van der Waals surface area contributed by atoms with Gasteiger partial charge in [0.25, 0.3) is 11.5 Å². The fourth-order valence-corrected chi connectivity index (χ4v) is 5.37. The first-order valence-corrected chi connectivity index (χ1v) is 12.5. The van der Waals surface area contributed by atoms with Crippen LogP contribution in [0.5, 0.6) is 0 Å². The molecule has 1 atom stereocenters. The van der Waals surface area contributed by atoms with Crippen LogP contribution in [0.25, 0.3) is 10.4 Å². The van der Waals surface area contributed by atoms with Gasteiger partial charge in [-0.15, -0.1) is 11.3 Å². The third kappa shape index (κ3) is 5.52. The summed E-state index contributed by atoms with van der Waals surface area (Å²) in [5, 5.41) is 7.81. The summed E-state index contributed by atoms with van der Waals surface area (Å²) in [7, 11) is 0. The zero-order valence-electron chi connectivity index (χ0n) is 19.4. The number of halogens is 1. The van der Waals surface area contributed by atoms with Crippen molar-refractivity contribution in [3.8, 4) is 10.4 Å². The summed E-state index contributed by atoms with van der Waals surface area (Å²) in [6.07, 6.45) is 2.01. The molecule has 0 spiro atoms. The maximum Gasteiger partial charge on any atom is 0.272 e. The van der Waals surface area contributed by atoms with Gasteiger partial charge in [0.1, 0.15) is 5.69 Å². The molecule has 0 unspecified atom stereocenters. The molecule has 1 saturated heterocycles. The number of aromatic nitrogens is 2. The molecule has 0 saturated carbocycles. The number of benzene rings is 1. The molecule has 1 aliphatic heterocycles. The molecule has 1 aliphatic rings. The Morgan fingerprint density at radius 3 is 2.60 bits per heavy atom. The highest BCUT2D eigenvalue weighted by Gasteiger charge is 2.24. The second-order valence-corrected chi connectivity index (χ2v) is 10.0. The van der Waals surface area contributed by atoms with E-state index in [-0.39, 0.29) is 29.2 Å². The lowest BCUT2D eigenvalue weighted by Crippen LogP contribution is -2.41. The highest BCUT2D eigenvalue weighted by Crippen LogP contribution is 2.34. The summed E-state index contributed by atoms with van der Waals surface area (Å²) in [5.41, 5.74) is 1.17. The first kappa shape index (κ1) is 24.8. The van der Waals surface area contributed by atoms with E-state index in [4.69, 9.17) is 11.6 Å². The van der Waals surface area contributed by atoms with E-state index >= 15 is 0 Å². The number of piperidine rings is 1. The number of thiophene rings is 1. The monoisotopic (exact) mass is 512 g/mol. The topological polar surface area (TPSA) is 101 Å². The number of hydrogen-bond donors (Lipinski definition) is 1. The summed E-state index contributed by atoms with van der Waals surface area (Å²) >= 11 is 7.57. The minimum atomic E-state index is -0.390.